The summed E-state index contributed by atoms with van der Waals surface area (Å²) >= 11 is 0. The number of Topliss-reactive ketones (excluding diaryl/α,β-unsaturated/α-hetero) is 1. The lowest BCUT2D eigenvalue weighted by molar-refractivity contribution is 0.0960. The first-order valence-electron chi connectivity index (χ1n) is 8.05. The highest BCUT2D eigenvalue weighted by Crippen LogP contribution is 2.19. The molecule has 24 heavy (non-hydrogen) atoms. The van der Waals surface area contributed by atoms with Crippen LogP contribution in [0.2, 0.25) is 0 Å². The van der Waals surface area contributed by atoms with E-state index in [-0.39, 0.29) is 12.3 Å². The Morgan fingerprint density at radius 2 is 1.92 bits per heavy atom. The number of hydrogen-bond donors (Lipinski definition) is 0. The molecule has 0 saturated heterocycles. The fraction of sp³-hybridized carbons (Fsp3) is 0.333. The number of benzene rings is 1. The third-order valence-corrected chi connectivity index (χ3v) is 4.31. The minimum Gasteiger partial charge on any atom is -0.349 e. The molecule has 6 heteroatoms. The van der Waals surface area contributed by atoms with Crippen LogP contribution >= 0.6 is 0 Å². The molecule has 2 heterocycles. The second kappa shape index (κ2) is 6.39. The maximum atomic E-state index is 12.6. The fourth-order valence-corrected chi connectivity index (χ4v) is 3.03. The van der Waals surface area contributed by atoms with Gasteiger partial charge in [0.1, 0.15) is 6.54 Å². The third-order valence-electron chi connectivity index (χ3n) is 4.31. The van der Waals surface area contributed by atoms with Gasteiger partial charge in [-0.15, -0.1) is 10.2 Å². The van der Waals surface area contributed by atoms with Crippen LogP contribution in [0.4, 0.5) is 0 Å². The number of tetrazole rings is 1. The summed E-state index contributed by atoms with van der Waals surface area (Å²) in [6.45, 7) is 8.99. The van der Waals surface area contributed by atoms with E-state index >= 15 is 0 Å². The van der Waals surface area contributed by atoms with Gasteiger partial charge < -0.3 is 4.57 Å². The zero-order valence-electron chi connectivity index (χ0n) is 14.4. The zero-order chi connectivity index (χ0) is 17.3. The molecule has 1 aromatic carbocycles. The van der Waals surface area contributed by atoms with Gasteiger partial charge in [-0.3, -0.25) is 4.79 Å². The average molecular weight is 323 g/mol. The molecule has 2 aromatic heterocycles. The number of rotatable bonds is 5. The van der Waals surface area contributed by atoms with Gasteiger partial charge in [0.2, 0.25) is 5.82 Å². The molecule has 0 unspecified atom stereocenters. The Morgan fingerprint density at radius 3 is 2.58 bits per heavy atom. The predicted molar refractivity (Wildman–Crippen MR) is 91.9 cm³/mol. The van der Waals surface area contributed by atoms with E-state index in [2.05, 4.69) is 26.9 Å². The Labute approximate surface area is 141 Å². The van der Waals surface area contributed by atoms with Crippen molar-refractivity contribution < 1.29 is 4.79 Å². The van der Waals surface area contributed by atoms with Gasteiger partial charge in [0.25, 0.3) is 0 Å². The predicted octanol–water partition coefficient (Wildman–Crippen LogP) is 2.97. The molecule has 0 aliphatic carbocycles. The first-order chi connectivity index (χ1) is 11.5. The molecule has 0 saturated carbocycles. The van der Waals surface area contributed by atoms with Crippen molar-refractivity contribution in [2.24, 2.45) is 0 Å². The Balaban J connectivity index is 1.83. The lowest BCUT2D eigenvalue weighted by Gasteiger charge is -2.05. The third kappa shape index (κ3) is 2.87. The highest BCUT2D eigenvalue weighted by Gasteiger charge is 2.17. The molecule has 0 amide bonds. The maximum absolute atomic E-state index is 12.6. The largest absolute Gasteiger partial charge is 0.349 e. The number of carbonyl (C=O) groups excluding carboxylic acids is 1. The molecule has 6 nitrogen and oxygen atoms in total. The molecule has 0 aliphatic heterocycles. The molecule has 0 bridgehead atoms. The number of carbonyl (C=O) groups is 1. The SMILES string of the molecule is CCn1c(C)cc(C(=O)Cn2nnc(-c3ccccc3C)n2)c1C. The topological polar surface area (TPSA) is 65.6 Å². The van der Waals surface area contributed by atoms with E-state index in [1.54, 1.807) is 0 Å². The molecular weight excluding hydrogens is 302 g/mol. The lowest BCUT2D eigenvalue weighted by Crippen LogP contribution is -2.14. The normalized spacial score (nSPS) is 11.0. The molecule has 0 fully saturated rings. The maximum Gasteiger partial charge on any atom is 0.205 e. The van der Waals surface area contributed by atoms with Crippen LogP contribution in [0.5, 0.6) is 0 Å². The molecule has 0 spiro atoms. The molecule has 0 atom stereocenters. The van der Waals surface area contributed by atoms with Crippen molar-refractivity contribution in [2.45, 2.75) is 40.8 Å². The van der Waals surface area contributed by atoms with Crippen LogP contribution in [-0.2, 0) is 13.1 Å². The Kier molecular flexibility index (Phi) is 4.29. The summed E-state index contributed by atoms with van der Waals surface area (Å²) in [6, 6.07) is 9.79. The van der Waals surface area contributed by atoms with Crippen molar-refractivity contribution in [3.8, 4) is 11.4 Å². The summed E-state index contributed by atoms with van der Waals surface area (Å²) in [5.41, 5.74) is 4.81. The van der Waals surface area contributed by atoms with Crippen molar-refractivity contribution in [3.63, 3.8) is 0 Å². The van der Waals surface area contributed by atoms with Gasteiger partial charge in [0, 0.05) is 29.1 Å². The number of ketones is 1. The Morgan fingerprint density at radius 1 is 1.17 bits per heavy atom. The van der Waals surface area contributed by atoms with E-state index < -0.39 is 0 Å². The summed E-state index contributed by atoms with van der Waals surface area (Å²) in [6.07, 6.45) is 0. The van der Waals surface area contributed by atoms with Crippen molar-refractivity contribution >= 4 is 5.78 Å². The van der Waals surface area contributed by atoms with E-state index in [0.29, 0.717) is 5.82 Å². The van der Waals surface area contributed by atoms with Crippen LogP contribution < -0.4 is 0 Å². The van der Waals surface area contributed by atoms with E-state index in [9.17, 15) is 4.79 Å². The highest BCUT2D eigenvalue weighted by atomic mass is 16.1. The van der Waals surface area contributed by atoms with E-state index in [4.69, 9.17) is 0 Å². The van der Waals surface area contributed by atoms with E-state index in [1.165, 1.54) is 4.80 Å². The standard InChI is InChI=1S/C18H21N5O/c1-5-22-13(3)10-16(14(22)4)17(24)11-23-20-18(19-21-23)15-9-7-6-8-12(15)2/h6-10H,5,11H2,1-4H3. The second-order valence-corrected chi connectivity index (χ2v) is 5.91. The number of nitrogens with zero attached hydrogens (tertiary/aromatic N) is 5. The lowest BCUT2D eigenvalue weighted by atomic mass is 10.1. The Bertz CT molecular complexity index is 891. The summed E-state index contributed by atoms with van der Waals surface area (Å²) in [4.78, 5) is 14.0. The van der Waals surface area contributed by atoms with Gasteiger partial charge in [-0.2, -0.15) is 4.80 Å². The van der Waals surface area contributed by atoms with Crippen LogP contribution in [0.3, 0.4) is 0 Å². The summed E-state index contributed by atoms with van der Waals surface area (Å²) < 4.78 is 2.13. The summed E-state index contributed by atoms with van der Waals surface area (Å²) in [5, 5.41) is 12.5. The highest BCUT2D eigenvalue weighted by molar-refractivity contribution is 5.97. The molecule has 0 aliphatic rings. The van der Waals surface area contributed by atoms with Crippen LogP contribution in [0, 0.1) is 20.8 Å². The van der Waals surface area contributed by atoms with Crippen molar-refractivity contribution in [1.29, 1.82) is 0 Å². The quantitative estimate of drug-likeness (QED) is 0.677. The molecule has 0 N–H and O–H groups in total. The minimum atomic E-state index is -0.00321. The van der Waals surface area contributed by atoms with Crippen LogP contribution in [0.25, 0.3) is 11.4 Å². The summed E-state index contributed by atoms with van der Waals surface area (Å²) in [5.74, 6) is 0.538. The van der Waals surface area contributed by atoms with E-state index in [1.807, 2.05) is 51.1 Å². The van der Waals surface area contributed by atoms with Gasteiger partial charge in [-0.25, -0.2) is 0 Å². The van der Waals surface area contributed by atoms with Gasteiger partial charge in [0.15, 0.2) is 5.78 Å². The molecule has 3 rings (SSSR count). The van der Waals surface area contributed by atoms with Gasteiger partial charge in [0.05, 0.1) is 0 Å². The first kappa shape index (κ1) is 16.1. The first-order valence-corrected chi connectivity index (χ1v) is 8.05. The molecule has 124 valence electrons. The van der Waals surface area contributed by atoms with Gasteiger partial charge in [-0.05, 0) is 44.5 Å². The monoisotopic (exact) mass is 323 g/mol. The molecule has 0 radical (unpaired) electrons. The van der Waals surface area contributed by atoms with Crippen LogP contribution in [-0.4, -0.2) is 30.6 Å². The van der Waals surface area contributed by atoms with Crippen LogP contribution in [0.15, 0.2) is 30.3 Å². The minimum absolute atomic E-state index is 0.00321. The number of aromatic nitrogens is 5. The zero-order valence-corrected chi connectivity index (χ0v) is 14.4. The number of hydrogen-bond acceptors (Lipinski definition) is 4. The molecular formula is C18H21N5O. The molecule has 3 aromatic rings. The van der Waals surface area contributed by atoms with E-state index in [0.717, 1.165) is 34.6 Å². The number of aryl methyl sites for hydroxylation is 2. The Hall–Kier alpha value is -2.76. The van der Waals surface area contributed by atoms with Crippen molar-refractivity contribution in [2.75, 3.05) is 0 Å². The van der Waals surface area contributed by atoms with Crippen LogP contribution in [0.1, 0.15) is 34.2 Å². The van der Waals surface area contributed by atoms with Crippen molar-refractivity contribution in [3.05, 3.63) is 52.8 Å². The average Bonchev–Trinajstić information content (AvgIpc) is 3.12. The summed E-state index contributed by atoms with van der Waals surface area (Å²) in [7, 11) is 0. The fourth-order valence-electron chi connectivity index (χ4n) is 3.03. The van der Waals surface area contributed by atoms with Gasteiger partial charge in [-0.1, -0.05) is 24.3 Å². The van der Waals surface area contributed by atoms with Crippen molar-refractivity contribution in [1.82, 2.24) is 24.8 Å². The smallest absolute Gasteiger partial charge is 0.205 e. The second-order valence-electron chi connectivity index (χ2n) is 5.91. The van der Waals surface area contributed by atoms with Gasteiger partial charge >= 0.3 is 0 Å².